The highest BCUT2D eigenvalue weighted by molar-refractivity contribution is 9.10. The first-order valence-electron chi connectivity index (χ1n) is 12.6. The first kappa shape index (κ1) is 27.5. The molecule has 2 atom stereocenters. The predicted octanol–water partition coefficient (Wildman–Crippen LogP) is 6.87. The third-order valence-corrected chi connectivity index (χ3v) is 7.22. The van der Waals surface area contributed by atoms with Gasteiger partial charge in [-0.3, -0.25) is 4.90 Å². The normalized spacial score (nSPS) is 13.0. The van der Waals surface area contributed by atoms with E-state index in [0.29, 0.717) is 6.54 Å². The molecule has 38 heavy (non-hydrogen) atoms. The van der Waals surface area contributed by atoms with E-state index in [4.69, 9.17) is 4.74 Å². The SMILES string of the molecule is C=CCN(CC#N)C(COC(c1ccccc1)(c1ccccc1)c1ccccc1)[C@H](O)c1ccc(Br)cc1. The molecule has 0 fully saturated rings. The van der Waals surface area contributed by atoms with Gasteiger partial charge in [0.15, 0.2) is 0 Å². The topological polar surface area (TPSA) is 56.5 Å². The number of aliphatic hydroxyl groups excluding tert-OH is 1. The molecule has 0 aliphatic carbocycles. The number of aliphatic hydroxyl groups is 1. The molecule has 0 radical (unpaired) electrons. The molecule has 192 valence electrons. The van der Waals surface area contributed by atoms with Gasteiger partial charge in [-0.2, -0.15) is 5.26 Å². The predicted molar refractivity (Wildman–Crippen MR) is 155 cm³/mol. The maximum Gasteiger partial charge on any atom is 0.143 e. The van der Waals surface area contributed by atoms with Gasteiger partial charge < -0.3 is 9.84 Å². The van der Waals surface area contributed by atoms with Gasteiger partial charge in [0.25, 0.3) is 0 Å². The molecule has 0 aromatic heterocycles. The summed E-state index contributed by atoms with van der Waals surface area (Å²) in [5.74, 6) is 0. The van der Waals surface area contributed by atoms with Gasteiger partial charge in [-0.1, -0.05) is 125 Å². The summed E-state index contributed by atoms with van der Waals surface area (Å²) in [6.45, 7) is 4.60. The molecule has 4 nitrogen and oxygen atoms in total. The largest absolute Gasteiger partial charge is 0.387 e. The minimum atomic E-state index is -0.937. The highest BCUT2D eigenvalue weighted by Crippen LogP contribution is 2.41. The van der Waals surface area contributed by atoms with E-state index < -0.39 is 17.7 Å². The Bertz CT molecular complexity index is 1230. The lowest BCUT2D eigenvalue weighted by Crippen LogP contribution is -2.46. The van der Waals surface area contributed by atoms with Crippen LogP contribution in [0.25, 0.3) is 0 Å². The van der Waals surface area contributed by atoms with Crippen molar-refractivity contribution in [2.75, 3.05) is 19.7 Å². The van der Waals surface area contributed by atoms with E-state index in [1.165, 1.54) is 0 Å². The fourth-order valence-corrected chi connectivity index (χ4v) is 5.10. The number of benzene rings is 4. The summed E-state index contributed by atoms with van der Waals surface area (Å²) >= 11 is 3.47. The molecule has 4 aromatic carbocycles. The van der Waals surface area contributed by atoms with Crippen LogP contribution in [0.4, 0.5) is 0 Å². The minimum absolute atomic E-state index is 0.128. The highest BCUT2D eigenvalue weighted by atomic mass is 79.9. The summed E-state index contributed by atoms with van der Waals surface area (Å²) in [6, 6.07) is 39.7. The summed E-state index contributed by atoms with van der Waals surface area (Å²) in [5.41, 5.74) is 2.74. The Morgan fingerprint density at radius 3 is 1.74 bits per heavy atom. The van der Waals surface area contributed by atoms with Crippen molar-refractivity contribution in [1.29, 1.82) is 5.26 Å². The summed E-state index contributed by atoms with van der Waals surface area (Å²) in [7, 11) is 0. The number of ether oxygens (including phenoxy) is 1. The minimum Gasteiger partial charge on any atom is -0.387 e. The lowest BCUT2D eigenvalue weighted by molar-refractivity contribution is -0.0538. The molecule has 0 spiro atoms. The second-order valence-electron chi connectivity index (χ2n) is 9.03. The van der Waals surface area contributed by atoms with Gasteiger partial charge in [0.05, 0.1) is 31.4 Å². The van der Waals surface area contributed by atoms with Crippen LogP contribution >= 0.6 is 15.9 Å². The molecule has 0 saturated carbocycles. The van der Waals surface area contributed by atoms with Crippen molar-refractivity contribution in [2.45, 2.75) is 17.7 Å². The summed E-state index contributed by atoms with van der Waals surface area (Å²) in [5, 5.41) is 21.2. The summed E-state index contributed by atoms with van der Waals surface area (Å²) in [6.07, 6.45) is 0.855. The van der Waals surface area contributed by atoms with Crippen molar-refractivity contribution in [2.24, 2.45) is 0 Å². The van der Waals surface area contributed by atoms with Gasteiger partial charge >= 0.3 is 0 Å². The van der Waals surface area contributed by atoms with E-state index in [0.717, 1.165) is 26.7 Å². The molecule has 0 heterocycles. The number of rotatable bonds is 12. The van der Waals surface area contributed by atoms with Crippen LogP contribution in [0.1, 0.15) is 28.4 Å². The maximum absolute atomic E-state index is 11.6. The third kappa shape index (κ3) is 6.12. The molecule has 0 bridgehead atoms. The zero-order chi connectivity index (χ0) is 26.8. The van der Waals surface area contributed by atoms with Crippen molar-refractivity contribution in [3.63, 3.8) is 0 Å². The van der Waals surface area contributed by atoms with E-state index >= 15 is 0 Å². The fourth-order valence-electron chi connectivity index (χ4n) is 4.83. The van der Waals surface area contributed by atoms with Crippen LogP contribution in [-0.4, -0.2) is 35.7 Å². The molecular formula is C33H31BrN2O2. The first-order chi connectivity index (χ1) is 18.6. The van der Waals surface area contributed by atoms with Crippen LogP contribution in [0.3, 0.4) is 0 Å². The van der Waals surface area contributed by atoms with E-state index in [1.54, 1.807) is 6.08 Å². The smallest absolute Gasteiger partial charge is 0.143 e. The van der Waals surface area contributed by atoms with Gasteiger partial charge in [0.1, 0.15) is 5.60 Å². The van der Waals surface area contributed by atoms with Gasteiger partial charge in [-0.05, 0) is 34.4 Å². The number of hydrogen-bond acceptors (Lipinski definition) is 4. The number of nitrogens with zero attached hydrogens (tertiary/aromatic N) is 2. The molecule has 1 unspecified atom stereocenters. The number of halogens is 1. The van der Waals surface area contributed by atoms with Gasteiger partial charge in [-0.15, -0.1) is 6.58 Å². The van der Waals surface area contributed by atoms with Crippen LogP contribution in [0.15, 0.2) is 132 Å². The van der Waals surface area contributed by atoms with Crippen LogP contribution in [0, 0.1) is 11.3 Å². The van der Waals surface area contributed by atoms with Gasteiger partial charge in [-0.25, -0.2) is 0 Å². The molecule has 4 rings (SSSR count). The van der Waals surface area contributed by atoms with Crippen molar-refractivity contribution in [1.82, 2.24) is 4.90 Å². The Morgan fingerprint density at radius 1 is 0.842 bits per heavy atom. The lowest BCUT2D eigenvalue weighted by Gasteiger charge is -2.40. The van der Waals surface area contributed by atoms with E-state index in [9.17, 15) is 10.4 Å². The summed E-state index contributed by atoms with van der Waals surface area (Å²) in [4.78, 5) is 1.91. The van der Waals surface area contributed by atoms with E-state index in [-0.39, 0.29) is 13.2 Å². The first-order valence-corrected chi connectivity index (χ1v) is 13.4. The molecule has 0 saturated heterocycles. The second-order valence-corrected chi connectivity index (χ2v) is 9.95. The van der Waals surface area contributed by atoms with Gasteiger partial charge in [0.2, 0.25) is 0 Å². The van der Waals surface area contributed by atoms with Crippen LogP contribution in [-0.2, 0) is 10.3 Å². The molecule has 4 aromatic rings. The molecular weight excluding hydrogens is 536 g/mol. The fraction of sp³-hybridized carbons (Fsp3) is 0.182. The van der Waals surface area contributed by atoms with Crippen molar-refractivity contribution >= 4 is 15.9 Å². The third-order valence-electron chi connectivity index (χ3n) is 6.69. The Hall–Kier alpha value is -3.53. The van der Waals surface area contributed by atoms with Crippen LogP contribution in [0.2, 0.25) is 0 Å². The molecule has 0 amide bonds. The average molecular weight is 568 g/mol. The molecule has 1 N–H and O–H groups in total. The van der Waals surface area contributed by atoms with E-state index in [1.807, 2.05) is 83.8 Å². The lowest BCUT2D eigenvalue weighted by atomic mass is 9.80. The Kier molecular flexibility index (Phi) is 9.64. The van der Waals surface area contributed by atoms with Crippen LogP contribution in [0.5, 0.6) is 0 Å². The Balaban J connectivity index is 1.83. The van der Waals surface area contributed by atoms with Crippen LogP contribution < -0.4 is 0 Å². The second kappa shape index (κ2) is 13.3. The van der Waals surface area contributed by atoms with Crippen molar-refractivity contribution in [3.05, 3.63) is 155 Å². The van der Waals surface area contributed by atoms with Crippen molar-refractivity contribution in [3.8, 4) is 6.07 Å². The summed E-state index contributed by atoms with van der Waals surface area (Å²) < 4.78 is 7.96. The van der Waals surface area contributed by atoms with Crippen molar-refractivity contribution < 1.29 is 9.84 Å². The molecule has 0 aliphatic rings. The number of hydrogen-bond donors (Lipinski definition) is 1. The molecule has 0 aliphatic heterocycles. The number of nitriles is 1. The zero-order valence-corrected chi connectivity index (χ0v) is 22.7. The highest BCUT2D eigenvalue weighted by Gasteiger charge is 2.39. The Labute approximate surface area is 233 Å². The molecule has 5 heteroatoms. The zero-order valence-electron chi connectivity index (χ0n) is 21.2. The average Bonchev–Trinajstić information content (AvgIpc) is 2.97. The maximum atomic E-state index is 11.6. The monoisotopic (exact) mass is 566 g/mol. The Morgan fingerprint density at radius 2 is 1.32 bits per heavy atom. The quantitative estimate of drug-likeness (QED) is 0.115. The van der Waals surface area contributed by atoms with Gasteiger partial charge in [0, 0.05) is 11.0 Å². The standard InChI is InChI=1S/C33H31BrN2O2/c1-2-23-36(24-22-35)31(32(37)26-18-20-30(34)21-19-26)25-38-33(27-12-6-3-7-13-27,28-14-8-4-9-15-28)29-16-10-5-11-17-29/h2-21,31-32,37H,1,23-25H2/t31?,32-/m1/s1. The van der Waals surface area contributed by atoms with E-state index in [2.05, 4.69) is 65.0 Å².